The summed E-state index contributed by atoms with van der Waals surface area (Å²) < 4.78 is 0. The summed E-state index contributed by atoms with van der Waals surface area (Å²) in [5.41, 5.74) is 0.137. The van der Waals surface area contributed by atoms with E-state index in [4.69, 9.17) is 16.7 Å². The van der Waals surface area contributed by atoms with Crippen LogP contribution in [-0.4, -0.2) is 39.1 Å². The van der Waals surface area contributed by atoms with Gasteiger partial charge in [-0.05, 0) is 12.8 Å². The van der Waals surface area contributed by atoms with Crippen molar-refractivity contribution in [3.05, 3.63) is 33.5 Å². The number of aromatic carboxylic acids is 1. The molecule has 0 aliphatic carbocycles. The monoisotopic (exact) mass is 324 g/mol. The van der Waals surface area contributed by atoms with Crippen LogP contribution in [0.3, 0.4) is 0 Å². The minimum atomic E-state index is -0.968. The molecular weight excluding hydrogens is 312 g/mol. The minimum absolute atomic E-state index is 0.137. The van der Waals surface area contributed by atoms with Gasteiger partial charge < -0.3 is 10.0 Å². The summed E-state index contributed by atoms with van der Waals surface area (Å²) in [5.74, 6) is 0.0272. The quantitative estimate of drug-likeness (QED) is 0.935. The van der Waals surface area contributed by atoms with E-state index < -0.39 is 5.97 Å². The lowest BCUT2D eigenvalue weighted by Gasteiger charge is -2.30. The van der Waals surface area contributed by atoms with Gasteiger partial charge in [-0.15, -0.1) is 11.3 Å². The lowest BCUT2D eigenvalue weighted by molar-refractivity contribution is 0.0691. The SMILES string of the molecule is O=C(O)c1csc(C2CCN(c3ncc(Cl)cn3)CC2)n1. The van der Waals surface area contributed by atoms with Crippen LogP contribution in [0.4, 0.5) is 5.95 Å². The zero-order chi connectivity index (χ0) is 14.8. The summed E-state index contributed by atoms with van der Waals surface area (Å²) in [4.78, 5) is 25.6. The third-order valence-electron chi connectivity index (χ3n) is 3.47. The Kier molecular flexibility index (Phi) is 4.03. The lowest BCUT2D eigenvalue weighted by atomic mass is 9.98. The molecule has 0 atom stereocenters. The Morgan fingerprint density at radius 2 is 2.00 bits per heavy atom. The summed E-state index contributed by atoms with van der Waals surface area (Å²) in [6, 6.07) is 0. The normalized spacial score (nSPS) is 16.1. The molecule has 1 N–H and O–H groups in total. The van der Waals surface area contributed by atoms with Crippen molar-refractivity contribution < 1.29 is 9.90 Å². The van der Waals surface area contributed by atoms with Crippen molar-refractivity contribution in [3.8, 4) is 0 Å². The van der Waals surface area contributed by atoms with Crippen LogP contribution in [0, 0.1) is 0 Å². The molecule has 2 aromatic heterocycles. The van der Waals surface area contributed by atoms with E-state index in [1.807, 2.05) is 0 Å². The molecule has 1 aliphatic rings. The average molecular weight is 325 g/mol. The van der Waals surface area contributed by atoms with E-state index in [0.717, 1.165) is 30.9 Å². The number of piperidine rings is 1. The number of carboxylic acids is 1. The van der Waals surface area contributed by atoms with E-state index in [1.165, 1.54) is 11.3 Å². The van der Waals surface area contributed by atoms with E-state index in [2.05, 4.69) is 19.9 Å². The number of halogens is 1. The third kappa shape index (κ3) is 3.14. The van der Waals surface area contributed by atoms with Crippen LogP contribution >= 0.6 is 22.9 Å². The van der Waals surface area contributed by atoms with Crippen LogP contribution in [0.25, 0.3) is 0 Å². The van der Waals surface area contributed by atoms with Gasteiger partial charge in [0.25, 0.3) is 0 Å². The average Bonchev–Trinajstić information content (AvgIpc) is 2.98. The minimum Gasteiger partial charge on any atom is -0.476 e. The van der Waals surface area contributed by atoms with Gasteiger partial charge in [-0.3, -0.25) is 0 Å². The molecule has 8 heteroatoms. The van der Waals surface area contributed by atoms with Gasteiger partial charge in [0.15, 0.2) is 5.69 Å². The molecule has 0 aromatic carbocycles. The molecule has 0 saturated carbocycles. The molecule has 110 valence electrons. The zero-order valence-corrected chi connectivity index (χ0v) is 12.6. The first-order valence-electron chi connectivity index (χ1n) is 6.54. The highest BCUT2D eigenvalue weighted by Gasteiger charge is 2.25. The molecule has 3 heterocycles. The van der Waals surface area contributed by atoms with Gasteiger partial charge in [0.05, 0.1) is 22.4 Å². The molecule has 6 nitrogen and oxygen atoms in total. The Labute approximate surface area is 130 Å². The van der Waals surface area contributed by atoms with E-state index in [-0.39, 0.29) is 5.69 Å². The van der Waals surface area contributed by atoms with E-state index in [0.29, 0.717) is 16.9 Å². The van der Waals surface area contributed by atoms with Gasteiger partial charge in [0.2, 0.25) is 5.95 Å². The maximum Gasteiger partial charge on any atom is 0.355 e. The lowest BCUT2D eigenvalue weighted by Crippen LogP contribution is -2.34. The third-order valence-corrected chi connectivity index (χ3v) is 4.68. The first-order chi connectivity index (χ1) is 10.1. The predicted octanol–water partition coefficient (Wildman–Crippen LogP) is 2.67. The van der Waals surface area contributed by atoms with Crippen molar-refractivity contribution in [2.24, 2.45) is 0 Å². The Morgan fingerprint density at radius 3 is 2.57 bits per heavy atom. The highest BCUT2D eigenvalue weighted by atomic mass is 35.5. The molecule has 1 aliphatic heterocycles. The predicted molar refractivity (Wildman–Crippen MR) is 80.3 cm³/mol. The summed E-state index contributed by atoms with van der Waals surface area (Å²) in [7, 11) is 0. The number of aromatic nitrogens is 3. The van der Waals surface area contributed by atoms with E-state index in [1.54, 1.807) is 17.8 Å². The molecule has 1 saturated heterocycles. The standard InChI is InChI=1S/C13H13ClN4O2S/c14-9-5-15-13(16-6-9)18-3-1-8(2-4-18)11-17-10(7-21-11)12(19)20/h5-8H,1-4H2,(H,19,20). The van der Waals surface area contributed by atoms with Gasteiger partial charge >= 0.3 is 5.97 Å². The van der Waals surface area contributed by atoms with Crippen LogP contribution in [0.15, 0.2) is 17.8 Å². The highest BCUT2D eigenvalue weighted by Crippen LogP contribution is 2.31. The van der Waals surface area contributed by atoms with Crippen molar-refractivity contribution in [2.45, 2.75) is 18.8 Å². The van der Waals surface area contributed by atoms with Crippen LogP contribution in [0.5, 0.6) is 0 Å². The van der Waals surface area contributed by atoms with Gasteiger partial charge in [-0.2, -0.15) is 0 Å². The molecule has 0 spiro atoms. The molecule has 0 bridgehead atoms. The number of hydrogen-bond donors (Lipinski definition) is 1. The second kappa shape index (κ2) is 5.95. The Hall–Kier alpha value is -1.73. The van der Waals surface area contributed by atoms with Crippen LogP contribution in [-0.2, 0) is 0 Å². The number of thiazole rings is 1. The van der Waals surface area contributed by atoms with E-state index in [9.17, 15) is 4.79 Å². The first kappa shape index (κ1) is 14.2. The van der Waals surface area contributed by atoms with Gasteiger partial charge in [0, 0.05) is 24.4 Å². The number of carboxylic acid groups (broad SMARTS) is 1. The molecule has 21 heavy (non-hydrogen) atoms. The fourth-order valence-corrected chi connectivity index (χ4v) is 3.43. The fraction of sp³-hybridized carbons (Fsp3) is 0.385. The number of carbonyl (C=O) groups is 1. The number of hydrogen-bond acceptors (Lipinski definition) is 6. The van der Waals surface area contributed by atoms with Crippen LogP contribution < -0.4 is 4.90 Å². The zero-order valence-electron chi connectivity index (χ0n) is 11.1. The Bertz CT molecular complexity index is 638. The molecule has 1 fully saturated rings. The fourth-order valence-electron chi connectivity index (χ4n) is 2.37. The molecule has 0 unspecified atom stereocenters. The molecule has 2 aromatic rings. The van der Waals surface area contributed by atoms with Crippen molar-refractivity contribution in [1.82, 2.24) is 15.0 Å². The van der Waals surface area contributed by atoms with Crippen LogP contribution in [0.2, 0.25) is 5.02 Å². The molecule has 3 rings (SSSR count). The van der Waals surface area contributed by atoms with Crippen molar-refractivity contribution in [3.63, 3.8) is 0 Å². The van der Waals surface area contributed by atoms with Crippen molar-refractivity contribution in [2.75, 3.05) is 18.0 Å². The largest absolute Gasteiger partial charge is 0.476 e. The molecule has 0 radical (unpaired) electrons. The summed E-state index contributed by atoms with van der Waals surface area (Å²) >= 11 is 7.21. The van der Waals surface area contributed by atoms with Gasteiger partial charge in [0.1, 0.15) is 0 Å². The second-order valence-corrected chi connectivity index (χ2v) is 6.16. The summed E-state index contributed by atoms with van der Waals surface area (Å²) in [6.07, 6.45) is 5.02. The van der Waals surface area contributed by atoms with Crippen LogP contribution in [0.1, 0.15) is 34.3 Å². The van der Waals surface area contributed by atoms with Crippen molar-refractivity contribution >= 4 is 34.9 Å². The van der Waals surface area contributed by atoms with Gasteiger partial charge in [-0.1, -0.05) is 11.6 Å². The van der Waals surface area contributed by atoms with Gasteiger partial charge in [-0.25, -0.2) is 19.7 Å². The highest BCUT2D eigenvalue weighted by molar-refractivity contribution is 7.09. The maximum atomic E-state index is 10.9. The second-order valence-electron chi connectivity index (χ2n) is 4.84. The smallest absolute Gasteiger partial charge is 0.355 e. The number of nitrogens with zero attached hydrogens (tertiary/aromatic N) is 4. The summed E-state index contributed by atoms with van der Waals surface area (Å²) in [5, 5.41) is 12.0. The molecular formula is C13H13ClN4O2S. The van der Waals surface area contributed by atoms with Crippen molar-refractivity contribution in [1.29, 1.82) is 0 Å². The Balaban J connectivity index is 1.64. The number of anilines is 1. The topological polar surface area (TPSA) is 79.2 Å². The summed E-state index contributed by atoms with van der Waals surface area (Å²) in [6.45, 7) is 1.66. The van der Waals surface area contributed by atoms with E-state index >= 15 is 0 Å². The molecule has 0 amide bonds. The maximum absolute atomic E-state index is 10.9. The Morgan fingerprint density at radius 1 is 1.33 bits per heavy atom. The first-order valence-corrected chi connectivity index (χ1v) is 7.80. The number of rotatable bonds is 3.